The lowest BCUT2D eigenvalue weighted by molar-refractivity contribution is -0.138. The summed E-state index contributed by atoms with van der Waals surface area (Å²) in [5.74, 6) is -1.17. The third-order valence-electron chi connectivity index (χ3n) is 2.24. The molecule has 6 nitrogen and oxygen atoms in total. The molecule has 0 aromatic heterocycles. The molecule has 1 N–H and O–H groups in total. The predicted molar refractivity (Wildman–Crippen MR) is 72.6 cm³/mol. The number of carbonyl (C=O) groups is 2. The zero-order chi connectivity index (χ0) is 15.1. The van der Waals surface area contributed by atoms with Crippen LogP contribution in [0.15, 0.2) is 30.2 Å². The van der Waals surface area contributed by atoms with Gasteiger partial charge in [0.25, 0.3) is 5.91 Å². The Hall–Kier alpha value is -2.21. The lowest BCUT2D eigenvalue weighted by atomic mass is 10.2. The second-order valence-electron chi connectivity index (χ2n) is 3.53. The number of hydrogen-bond acceptors (Lipinski definition) is 5. The van der Waals surface area contributed by atoms with Crippen LogP contribution >= 0.6 is 11.6 Å². The highest BCUT2D eigenvalue weighted by molar-refractivity contribution is 6.31. The molecule has 0 spiro atoms. The van der Waals surface area contributed by atoms with Gasteiger partial charge in [-0.05, 0) is 18.2 Å². The van der Waals surface area contributed by atoms with E-state index in [0.29, 0.717) is 5.02 Å². The summed E-state index contributed by atoms with van der Waals surface area (Å²) in [6.07, 6.45) is 1.08. The lowest BCUT2D eigenvalue weighted by Gasteiger charge is -2.11. The van der Waals surface area contributed by atoms with Gasteiger partial charge in [-0.15, -0.1) is 0 Å². The van der Waals surface area contributed by atoms with E-state index in [1.54, 1.807) is 0 Å². The van der Waals surface area contributed by atoms with Crippen LogP contribution in [0.3, 0.4) is 0 Å². The molecule has 0 aliphatic carbocycles. The molecule has 1 aromatic rings. The largest absolute Gasteiger partial charge is 0.500 e. The maximum atomic E-state index is 11.7. The van der Waals surface area contributed by atoms with Gasteiger partial charge in [-0.2, -0.15) is 0 Å². The van der Waals surface area contributed by atoms with E-state index in [1.807, 2.05) is 0 Å². The van der Waals surface area contributed by atoms with Crippen LogP contribution in [0.2, 0.25) is 5.02 Å². The molecule has 0 saturated heterocycles. The number of ether oxygens (including phenoxy) is 3. The van der Waals surface area contributed by atoms with Gasteiger partial charge in [0.05, 0.1) is 19.8 Å². The molecule has 1 aromatic carbocycles. The molecule has 108 valence electrons. The molecular formula is C13H14ClNO5. The summed E-state index contributed by atoms with van der Waals surface area (Å²) < 4.78 is 14.6. The number of rotatable bonds is 5. The molecule has 0 radical (unpaired) electrons. The minimum absolute atomic E-state index is 0.155. The Morgan fingerprint density at radius 3 is 2.55 bits per heavy atom. The van der Waals surface area contributed by atoms with Crippen molar-refractivity contribution in [2.24, 2.45) is 0 Å². The quantitative estimate of drug-likeness (QED) is 0.509. The first-order valence-corrected chi connectivity index (χ1v) is 5.92. The van der Waals surface area contributed by atoms with Gasteiger partial charge in [0.2, 0.25) is 5.76 Å². The smallest absolute Gasteiger partial charge is 0.377 e. The number of esters is 1. The van der Waals surface area contributed by atoms with E-state index in [0.717, 1.165) is 6.26 Å². The molecule has 0 aliphatic heterocycles. The van der Waals surface area contributed by atoms with E-state index in [4.69, 9.17) is 21.1 Å². The second-order valence-corrected chi connectivity index (χ2v) is 3.97. The second kappa shape index (κ2) is 7.40. The first-order chi connectivity index (χ1) is 9.53. The average Bonchev–Trinajstić information content (AvgIpc) is 2.46. The summed E-state index contributed by atoms with van der Waals surface area (Å²) in [6, 6.07) is 4.43. The van der Waals surface area contributed by atoms with Crippen molar-refractivity contribution in [1.29, 1.82) is 0 Å². The van der Waals surface area contributed by atoms with Crippen molar-refractivity contribution in [3.63, 3.8) is 0 Å². The van der Waals surface area contributed by atoms with Crippen molar-refractivity contribution in [3.8, 4) is 5.75 Å². The molecule has 0 aliphatic rings. The summed E-state index contributed by atoms with van der Waals surface area (Å²) in [7, 11) is 4.03. The van der Waals surface area contributed by atoms with Gasteiger partial charge in [-0.3, -0.25) is 4.79 Å². The summed E-state index contributed by atoms with van der Waals surface area (Å²) >= 11 is 5.84. The zero-order valence-corrected chi connectivity index (χ0v) is 12.0. The van der Waals surface area contributed by atoms with Crippen molar-refractivity contribution in [1.82, 2.24) is 5.32 Å². The van der Waals surface area contributed by atoms with E-state index in [2.05, 4.69) is 10.1 Å². The molecule has 0 bridgehead atoms. The third-order valence-corrected chi connectivity index (χ3v) is 2.48. The fourth-order valence-electron chi connectivity index (χ4n) is 1.34. The molecule has 0 fully saturated rings. The van der Waals surface area contributed by atoms with E-state index >= 15 is 0 Å². The molecule has 1 rings (SSSR count). The molecule has 0 heterocycles. The Morgan fingerprint density at radius 1 is 1.30 bits per heavy atom. The number of carbonyl (C=O) groups excluding carboxylic acids is 2. The number of benzene rings is 1. The van der Waals surface area contributed by atoms with Gasteiger partial charge < -0.3 is 19.5 Å². The number of nitrogens with one attached hydrogen (secondary N) is 1. The molecule has 0 saturated carbocycles. The Balaban J connectivity index is 3.16. The summed E-state index contributed by atoms with van der Waals surface area (Å²) in [4.78, 5) is 23.3. The van der Waals surface area contributed by atoms with Crippen molar-refractivity contribution in [2.45, 2.75) is 0 Å². The fourth-order valence-corrected chi connectivity index (χ4v) is 1.52. The number of halogens is 1. The summed E-state index contributed by atoms with van der Waals surface area (Å²) in [5.41, 5.74) is 0.186. The van der Waals surface area contributed by atoms with Crippen LogP contribution in [0.25, 0.3) is 0 Å². The van der Waals surface area contributed by atoms with E-state index in [9.17, 15) is 9.59 Å². The Kier molecular flexibility index (Phi) is 5.86. The minimum Gasteiger partial charge on any atom is -0.500 e. The highest BCUT2D eigenvalue weighted by Crippen LogP contribution is 2.25. The maximum Gasteiger partial charge on any atom is 0.377 e. The average molecular weight is 300 g/mol. The van der Waals surface area contributed by atoms with Crippen LogP contribution in [0.5, 0.6) is 5.75 Å². The highest BCUT2D eigenvalue weighted by Gasteiger charge is 2.18. The molecule has 7 heteroatoms. The maximum absolute atomic E-state index is 11.7. The highest BCUT2D eigenvalue weighted by atomic mass is 35.5. The minimum atomic E-state index is -0.732. The van der Waals surface area contributed by atoms with Crippen LogP contribution in [-0.4, -0.2) is 33.1 Å². The van der Waals surface area contributed by atoms with Gasteiger partial charge in [-0.25, -0.2) is 4.79 Å². The number of amides is 1. The molecule has 0 atom stereocenters. The number of hydrogen-bond donors (Lipinski definition) is 1. The summed E-state index contributed by atoms with van der Waals surface area (Å²) in [6.45, 7) is 0. The number of methoxy groups -OCH3 is 2. The first-order valence-electron chi connectivity index (χ1n) is 5.54. The monoisotopic (exact) mass is 299 g/mol. The van der Waals surface area contributed by atoms with Crippen LogP contribution in [-0.2, 0) is 14.3 Å². The van der Waals surface area contributed by atoms with Crippen LogP contribution in [0.1, 0.15) is 10.4 Å². The van der Waals surface area contributed by atoms with Crippen LogP contribution in [0, 0.1) is 0 Å². The van der Waals surface area contributed by atoms with Crippen molar-refractivity contribution >= 4 is 23.5 Å². The van der Waals surface area contributed by atoms with Crippen molar-refractivity contribution in [2.75, 3.05) is 21.3 Å². The Bertz CT molecular complexity index is 542. The topological polar surface area (TPSA) is 73.9 Å². The van der Waals surface area contributed by atoms with Crippen molar-refractivity contribution < 1.29 is 23.8 Å². The van der Waals surface area contributed by atoms with Gasteiger partial charge >= 0.3 is 5.97 Å². The third kappa shape index (κ3) is 3.89. The predicted octanol–water partition coefficient (Wildman–Crippen LogP) is 1.74. The first kappa shape index (κ1) is 15.8. The zero-order valence-electron chi connectivity index (χ0n) is 11.2. The standard InChI is InChI=1S/C13H14ClNO5/c1-15-12(16)9-6-8(14)4-5-10(9)20-11(7-18-2)13(17)19-3/h4-7H,1-3H3,(H,15,16). The van der Waals surface area contributed by atoms with Gasteiger partial charge in [-0.1, -0.05) is 11.6 Å². The van der Waals surface area contributed by atoms with Crippen molar-refractivity contribution in [3.05, 3.63) is 40.8 Å². The van der Waals surface area contributed by atoms with Gasteiger partial charge in [0.1, 0.15) is 12.0 Å². The van der Waals surface area contributed by atoms with Gasteiger partial charge in [0, 0.05) is 12.1 Å². The molecular weight excluding hydrogens is 286 g/mol. The molecule has 0 unspecified atom stereocenters. The fraction of sp³-hybridized carbons (Fsp3) is 0.231. The van der Waals surface area contributed by atoms with Crippen LogP contribution < -0.4 is 10.1 Å². The van der Waals surface area contributed by atoms with E-state index < -0.39 is 11.9 Å². The van der Waals surface area contributed by atoms with E-state index in [1.165, 1.54) is 39.5 Å². The normalized spacial score (nSPS) is 10.7. The molecule has 1 amide bonds. The SMILES string of the molecule is CNC(=O)c1cc(Cl)ccc1OC(=COC)C(=O)OC. The van der Waals surface area contributed by atoms with E-state index in [-0.39, 0.29) is 17.1 Å². The lowest BCUT2D eigenvalue weighted by Crippen LogP contribution is -2.20. The Labute approximate surface area is 121 Å². The summed E-state index contributed by atoms with van der Waals surface area (Å²) in [5, 5.41) is 2.82. The van der Waals surface area contributed by atoms with Crippen LogP contribution in [0.4, 0.5) is 0 Å². The Morgan fingerprint density at radius 2 is 2.00 bits per heavy atom. The molecule has 20 heavy (non-hydrogen) atoms. The van der Waals surface area contributed by atoms with Gasteiger partial charge in [0.15, 0.2) is 0 Å².